The topological polar surface area (TPSA) is 9.23 Å². The maximum Gasteiger partial charge on any atom is 0.202 e. The molecule has 4 heteroatoms. The van der Waals surface area contributed by atoms with E-state index in [4.69, 9.17) is 4.74 Å². The molecule has 0 radical (unpaired) electrons. The number of hydrogen-bond donors (Lipinski definition) is 0. The highest BCUT2D eigenvalue weighted by Gasteiger charge is 2.13. The second kappa shape index (κ2) is 4.61. The fourth-order valence-corrected chi connectivity index (χ4v) is 1.51. The largest absolute Gasteiger partial charge is 0.454 e. The van der Waals surface area contributed by atoms with Crippen molar-refractivity contribution in [2.75, 3.05) is 0 Å². The lowest BCUT2D eigenvalue weighted by molar-refractivity contribution is 0.414. The van der Waals surface area contributed by atoms with E-state index in [1.54, 1.807) is 24.3 Å². The Hall–Kier alpha value is -1.42. The minimum absolute atomic E-state index is 0.0745. The Kier molecular flexibility index (Phi) is 3.19. The first-order chi connectivity index (χ1) is 7.68. The minimum Gasteiger partial charge on any atom is -0.454 e. The molecule has 0 fully saturated rings. The molecule has 0 aromatic heterocycles. The van der Waals surface area contributed by atoms with Crippen LogP contribution in [0.3, 0.4) is 0 Å². The summed E-state index contributed by atoms with van der Waals surface area (Å²) in [6.07, 6.45) is 0. The molecule has 0 aliphatic rings. The third-order valence-corrected chi connectivity index (χ3v) is 2.58. The Morgan fingerprint density at radius 3 is 2.25 bits per heavy atom. The highest BCUT2D eigenvalue weighted by Crippen LogP contribution is 2.29. The normalized spacial score (nSPS) is 10.2. The van der Waals surface area contributed by atoms with Gasteiger partial charge in [-0.2, -0.15) is 4.39 Å². The van der Waals surface area contributed by atoms with E-state index in [1.165, 1.54) is 12.1 Å². The van der Waals surface area contributed by atoms with E-state index in [1.807, 2.05) is 6.07 Å². The van der Waals surface area contributed by atoms with Crippen LogP contribution in [0, 0.1) is 11.6 Å². The van der Waals surface area contributed by atoms with Crippen molar-refractivity contribution in [3.05, 3.63) is 58.6 Å². The summed E-state index contributed by atoms with van der Waals surface area (Å²) >= 11 is 2.90. The Bertz CT molecular complexity index is 500. The molecule has 0 saturated heterocycles. The van der Waals surface area contributed by atoms with Crippen LogP contribution in [0.2, 0.25) is 0 Å². The van der Waals surface area contributed by atoms with Gasteiger partial charge in [-0.1, -0.05) is 18.2 Å². The fraction of sp³-hybridized carbons (Fsp3) is 0. The summed E-state index contributed by atoms with van der Waals surface area (Å²) in [6, 6.07) is 11.4. The fourth-order valence-electron chi connectivity index (χ4n) is 1.20. The van der Waals surface area contributed by atoms with Crippen LogP contribution in [0.4, 0.5) is 8.78 Å². The SMILES string of the molecule is Fc1c(Br)ccc(Oc2ccccc2)c1F. The van der Waals surface area contributed by atoms with Gasteiger partial charge in [0.15, 0.2) is 11.6 Å². The molecule has 2 aromatic carbocycles. The van der Waals surface area contributed by atoms with Gasteiger partial charge in [-0.05, 0) is 40.2 Å². The number of rotatable bonds is 2. The molecule has 0 amide bonds. The van der Waals surface area contributed by atoms with Crippen LogP contribution < -0.4 is 4.74 Å². The van der Waals surface area contributed by atoms with Crippen LogP contribution >= 0.6 is 15.9 Å². The predicted molar refractivity (Wildman–Crippen MR) is 60.6 cm³/mol. The van der Waals surface area contributed by atoms with E-state index in [2.05, 4.69) is 15.9 Å². The molecule has 0 N–H and O–H groups in total. The summed E-state index contributed by atoms with van der Waals surface area (Å²) in [7, 11) is 0. The quantitative estimate of drug-likeness (QED) is 0.737. The maximum absolute atomic E-state index is 13.4. The Labute approximate surface area is 99.8 Å². The summed E-state index contributed by atoms with van der Waals surface area (Å²) in [4.78, 5) is 0. The zero-order valence-electron chi connectivity index (χ0n) is 8.08. The van der Waals surface area contributed by atoms with E-state index in [-0.39, 0.29) is 10.2 Å². The van der Waals surface area contributed by atoms with Gasteiger partial charge in [0.25, 0.3) is 0 Å². The summed E-state index contributed by atoms with van der Waals surface area (Å²) < 4.78 is 31.9. The van der Waals surface area contributed by atoms with Crippen molar-refractivity contribution in [2.24, 2.45) is 0 Å². The van der Waals surface area contributed by atoms with Crippen LogP contribution in [0.5, 0.6) is 11.5 Å². The van der Waals surface area contributed by atoms with Crippen molar-refractivity contribution in [3.8, 4) is 11.5 Å². The van der Waals surface area contributed by atoms with Gasteiger partial charge in [0.1, 0.15) is 5.75 Å². The van der Waals surface area contributed by atoms with E-state index >= 15 is 0 Å². The smallest absolute Gasteiger partial charge is 0.202 e. The van der Waals surface area contributed by atoms with Crippen molar-refractivity contribution in [1.82, 2.24) is 0 Å². The van der Waals surface area contributed by atoms with E-state index in [9.17, 15) is 8.78 Å². The van der Waals surface area contributed by atoms with Gasteiger partial charge in [0.2, 0.25) is 5.82 Å². The molecular formula is C12H7BrF2O. The summed E-state index contributed by atoms with van der Waals surface area (Å²) in [6.45, 7) is 0. The maximum atomic E-state index is 13.4. The van der Waals surface area contributed by atoms with Crippen LogP contribution in [0.1, 0.15) is 0 Å². The number of para-hydroxylation sites is 1. The minimum atomic E-state index is -1.00. The van der Waals surface area contributed by atoms with Crippen LogP contribution in [-0.2, 0) is 0 Å². The molecule has 16 heavy (non-hydrogen) atoms. The molecule has 1 nitrogen and oxygen atoms in total. The van der Waals surface area contributed by atoms with Gasteiger partial charge in [-0.25, -0.2) is 4.39 Å². The second-order valence-corrected chi connectivity index (χ2v) is 3.94. The Morgan fingerprint density at radius 2 is 1.56 bits per heavy atom. The molecule has 0 atom stereocenters. The molecule has 0 aliphatic heterocycles. The van der Waals surface area contributed by atoms with Crippen LogP contribution in [0.25, 0.3) is 0 Å². The zero-order chi connectivity index (χ0) is 11.5. The van der Waals surface area contributed by atoms with Crippen molar-refractivity contribution in [3.63, 3.8) is 0 Å². The first kappa shape index (κ1) is 11.1. The molecule has 0 aliphatic carbocycles. The number of ether oxygens (including phenoxy) is 1. The lowest BCUT2D eigenvalue weighted by atomic mass is 10.3. The Morgan fingerprint density at radius 1 is 0.875 bits per heavy atom. The molecule has 2 aromatic rings. The van der Waals surface area contributed by atoms with Gasteiger partial charge in [0.05, 0.1) is 4.47 Å². The average molecular weight is 285 g/mol. The number of hydrogen-bond acceptors (Lipinski definition) is 1. The summed E-state index contributed by atoms with van der Waals surface area (Å²) in [5.74, 6) is -1.62. The predicted octanol–water partition coefficient (Wildman–Crippen LogP) is 4.52. The van der Waals surface area contributed by atoms with E-state index < -0.39 is 11.6 Å². The molecule has 0 bridgehead atoms. The molecule has 0 heterocycles. The van der Waals surface area contributed by atoms with Gasteiger partial charge in [-0.15, -0.1) is 0 Å². The van der Waals surface area contributed by atoms with Gasteiger partial charge < -0.3 is 4.74 Å². The third-order valence-electron chi connectivity index (χ3n) is 1.97. The first-order valence-electron chi connectivity index (χ1n) is 4.55. The van der Waals surface area contributed by atoms with Gasteiger partial charge in [-0.3, -0.25) is 0 Å². The number of halogens is 3. The van der Waals surface area contributed by atoms with Crippen LogP contribution in [-0.4, -0.2) is 0 Å². The molecule has 0 saturated carbocycles. The van der Waals surface area contributed by atoms with Gasteiger partial charge >= 0.3 is 0 Å². The third kappa shape index (κ3) is 2.22. The lowest BCUT2D eigenvalue weighted by Crippen LogP contribution is -1.92. The van der Waals surface area contributed by atoms with E-state index in [0.717, 1.165) is 0 Å². The zero-order valence-corrected chi connectivity index (χ0v) is 9.67. The molecule has 82 valence electrons. The van der Waals surface area contributed by atoms with Crippen molar-refractivity contribution >= 4 is 15.9 Å². The summed E-state index contributed by atoms with van der Waals surface area (Å²) in [5, 5.41) is 0. The van der Waals surface area contributed by atoms with Gasteiger partial charge in [0, 0.05) is 0 Å². The molecular weight excluding hydrogens is 278 g/mol. The molecule has 0 unspecified atom stereocenters. The number of benzene rings is 2. The van der Waals surface area contributed by atoms with E-state index in [0.29, 0.717) is 5.75 Å². The van der Waals surface area contributed by atoms with Crippen molar-refractivity contribution in [2.45, 2.75) is 0 Å². The lowest BCUT2D eigenvalue weighted by Gasteiger charge is -2.07. The van der Waals surface area contributed by atoms with Crippen LogP contribution in [0.15, 0.2) is 46.9 Å². The Balaban J connectivity index is 2.33. The summed E-state index contributed by atoms with van der Waals surface area (Å²) in [5.41, 5.74) is 0. The highest BCUT2D eigenvalue weighted by atomic mass is 79.9. The second-order valence-electron chi connectivity index (χ2n) is 3.09. The monoisotopic (exact) mass is 284 g/mol. The average Bonchev–Trinajstić information content (AvgIpc) is 2.31. The molecule has 0 spiro atoms. The standard InChI is InChI=1S/C12H7BrF2O/c13-9-6-7-10(12(15)11(9)14)16-8-4-2-1-3-5-8/h1-7H. The van der Waals surface area contributed by atoms with Crippen molar-refractivity contribution < 1.29 is 13.5 Å². The highest BCUT2D eigenvalue weighted by molar-refractivity contribution is 9.10. The molecule has 2 rings (SSSR count). The van der Waals surface area contributed by atoms with Crippen molar-refractivity contribution in [1.29, 1.82) is 0 Å². The first-order valence-corrected chi connectivity index (χ1v) is 5.34.